The zero-order valence-corrected chi connectivity index (χ0v) is 14.9. The average molecular weight is 385 g/mol. The maximum absolute atomic E-state index is 13.3. The highest BCUT2D eigenvalue weighted by molar-refractivity contribution is 5.88. The van der Waals surface area contributed by atoms with Gasteiger partial charge < -0.3 is 9.67 Å². The molecule has 1 aromatic heterocycles. The van der Waals surface area contributed by atoms with Crippen molar-refractivity contribution >= 4 is 5.97 Å². The van der Waals surface area contributed by atoms with Crippen LogP contribution >= 0.6 is 0 Å². The molecular formula is C22H18F3NO2. The van der Waals surface area contributed by atoms with Crippen LogP contribution in [0.4, 0.5) is 13.2 Å². The summed E-state index contributed by atoms with van der Waals surface area (Å²) in [4.78, 5) is 11.4. The van der Waals surface area contributed by atoms with Crippen LogP contribution in [0.3, 0.4) is 0 Å². The summed E-state index contributed by atoms with van der Waals surface area (Å²) < 4.78 is 41.7. The summed E-state index contributed by atoms with van der Waals surface area (Å²) in [6.07, 6.45) is -3.93. The van der Waals surface area contributed by atoms with Crippen LogP contribution in [0.5, 0.6) is 0 Å². The number of carboxylic acids is 1. The van der Waals surface area contributed by atoms with E-state index in [1.165, 1.54) is 6.07 Å². The molecule has 0 radical (unpaired) electrons. The van der Waals surface area contributed by atoms with E-state index >= 15 is 0 Å². The molecular weight excluding hydrogens is 367 g/mol. The van der Waals surface area contributed by atoms with Crippen LogP contribution in [-0.4, -0.2) is 21.8 Å². The van der Waals surface area contributed by atoms with Gasteiger partial charge in [-0.2, -0.15) is 13.2 Å². The molecule has 1 aliphatic rings. The van der Waals surface area contributed by atoms with E-state index in [1.54, 1.807) is 18.2 Å². The van der Waals surface area contributed by atoms with Crippen molar-refractivity contribution in [2.24, 2.45) is 5.92 Å². The molecule has 3 nitrogen and oxygen atoms in total. The number of carboxylic acid groups (broad SMARTS) is 1. The number of carbonyl (C=O) groups is 1. The van der Waals surface area contributed by atoms with E-state index in [0.717, 1.165) is 17.0 Å². The number of halogens is 3. The van der Waals surface area contributed by atoms with E-state index < -0.39 is 18.1 Å². The molecule has 0 saturated heterocycles. The van der Waals surface area contributed by atoms with Gasteiger partial charge in [0.2, 0.25) is 0 Å². The number of aromatic carboxylic acids is 1. The van der Waals surface area contributed by atoms with Crippen molar-refractivity contribution in [3.05, 3.63) is 77.5 Å². The molecule has 2 aromatic carbocycles. The lowest BCUT2D eigenvalue weighted by molar-refractivity contribution is -0.177. The third kappa shape index (κ3) is 3.30. The van der Waals surface area contributed by atoms with Gasteiger partial charge in [0.15, 0.2) is 0 Å². The Balaban J connectivity index is 1.89. The number of hydrogen-bond acceptors (Lipinski definition) is 1. The Hall–Kier alpha value is -3.02. The number of aromatic nitrogens is 1. The zero-order chi connectivity index (χ0) is 19.9. The molecule has 0 saturated carbocycles. The van der Waals surface area contributed by atoms with Gasteiger partial charge in [-0.15, -0.1) is 0 Å². The molecule has 0 aliphatic heterocycles. The number of alkyl halides is 3. The fourth-order valence-corrected chi connectivity index (χ4v) is 3.90. The largest absolute Gasteiger partial charge is 0.478 e. The van der Waals surface area contributed by atoms with E-state index in [9.17, 15) is 23.1 Å². The van der Waals surface area contributed by atoms with Gasteiger partial charge in [-0.1, -0.05) is 36.4 Å². The zero-order valence-electron chi connectivity index (χ0n) is 14.9. The number of fused-ring (bicyclic) bond motifs is 1. The Morgan fingerprint density at radius 1 is 1.04 bits per heavy atom. The van der Waals surface area contributed by atoms with Crippen LogP contribution in [0.2, 0.25) is 0 Å². The van der Waals surface area contributed by atoms with Crippen LogP contribution in [-0.2, 0) is 12.8 Å². The SMILES string of the molecule is O=C(O)c1cccc(-n2c(-c3ccccc3)cc3c2CCC(C(F)(F)F)C3)c1. The molecule has 1 atom stereocenters. The predicted octanol–water partition coefficient (Wildman–Crippen LogP) is 5.51. The normalized spacial score (nSPS) is 16.6. The van der Waals surface area contributed by atoms with Crippen LogP contribution in [0, 0.1) is 5.92 Å². The summed E-state index contributed by atoms with van der Waals surface area (Å²) in [6.45, 7) is 0. The van der Waals surface area contributed by atoms with Crippen molar-refractivity contribution in [3.8, 4) is 16.9 Å². The molecule has 3 aromatic rings. The standard InChI is InChI=1S/C22H18F3NO2/c23-22(24,25)17-9-10-19-16(11-17)13-20(14-5-2-1-3-6-14)26(19)18-8-4-7-15(12-18)21(27)28/h1-8,12-13,17H,9-11H2,(H,27,28). The lowest BCUT2D eigenvalue weighted by Crippen LogP contribution is -2.29. The molecule has 144 valence electrons. The molecule has 1 N–H and O–H groups in total. The van der Waals surface area contributed by atoms with E-state index in [0.29, 0.717) is 17.7 Å². The second-order valence-electron chi connectivity index (χ2n) is 7.04. The molecule has 0 amide bonds. The van der Waals surface area contributed by atoms with Gasteiger partial charge in [0, 0.05) is 11.4 Å². The first-order valence-electron chi connectivity index (χ1n) is 9.04. The maximum Gasteiger partial charge on any atom is 0.392 e. The summed E-state index contributed by atoms with van der Waals surface area (Å²) in [5.74, 6) is -2.38. The molecule has 4 rings (SSSR count). The third-order valence-corrected chi connectivity index (χ3v) is 5.27. The smallest absolute Gasteiger partial charge is 0.392 e. The van der Waals surface area contributed by atoms with Crippen molar-refractivity contribution in [1.29, 1.82) is 0 Å². The minimum absolute atomic E-state index is 0.0351. The molecule has 0 bridgehead atoms. The van der Waals surface area contributed by atoms with Crippen LogP contribution in [0.15, 0.2) is 60.7 Å². The molecule has 0 fully saturated rings. The summed E-state index contributed by atoms with van der Waals surface area (Å²) in [6, 6.07) is 17.7. The molecule has 0 spiro atoms. The van der Waals surface area contributed by atoms with Gasteiger partial charge in [-0.05, 0) is 54.7 Å². The Labute approximate surface area is 160 Å². The number of rotatable bonds is 3. The molecule has 1 heterocycles. The van der Waals surface area contributed by atoms with Crippen molar-refractivity contribution in [1.82, 2.24) is 4.57 Å². The first kappa shape index (κ1) is 18.3. The maximum atomic E-state index is 13.3. The summed E-state index contributed by atoms with van der Waals surface area (Å²) in [5, 5.41) is 9.32. The highest BCUT2D eigenvalue weighted by Crippen LogP contribution is 2.41. The van der Waals surface area contributed by atoms with Crippen LogP contribution in [0.1, 0.15) is 28.0 Å². The third-order valence-electron chi connectivity index (χ3n) is 5.27. The highest BCUT2D eigenvalue weighted by atomic mass is 19.4. The summed E-state index contributed by atoms with van der Waals surface area (Å²) in [5.41, 5.74) is 3.93. The highest BCUT2D eigenvalue weighted by Gasteiger charge is 2.42. The molecule has 6 heteroatoms. The minimum Gasteiger partial charge on any atom is -0.478 e. The molecule has 1 aliphatic carbocycles. The topological polar surface area (TPSA) is 42.2 Å². The lowest BCUT2D eigenvalue weighted by Gasteiger charge is -2.26. The van der Waals surface area contributed by atoms with E-state index in [4.69, 9.17) is 0 Å². The van der Waals surface area contributed by atoms with Crippen LogP contribution < -0.4 is 0 Å². The van der Waals surface area contributed by atoms with E-state index in [2.05, 4.69) is 0 Å². The summed E-state index contributed by atoms with van der Waals surface area (Å²) >= 11 is 0. The van der Waals surface area contributed by atoms with E-state index in [1.807, 2.05) is 41.0 Å². The van der Waals surface area contributed by atoms with Crippen LogP contribution in [0.25, 0.3) is 16.9 Å². The predicted molar refractivity (Wildman–Crippen MR) is 99.7 cm³/mol. The first-order valence-corrected chi connectivity index (χ1v) is 9.04. The minimum atomic E-state index is -4.21. The number of hydrogen-bond donors (Lipinski definition) is 1. The fourth-order valence-electron chi connectivity index (χ4n) is 3.90. The number of benzene rings is 2. The van der Waals surface area contributed by atoms with Gasteiger partial charge in [-0.3, -0.25) is 0 Å². The van der Waals surface area contributed by atoms with Crippen molar-refractivity contribution < 1.29 is 23.1 Å². The second kappa shape index (κ2) is 6.86. The Kier molecular flexibility index (Phi) is 4.49. The quantitative estimate of drug-likeness (QED) is 0.646. The fraction of sp³-hybridized carbons (Fsp3) is 0.227. The van der Waals surface area contributed by atoms with Crippen molar-refractivity contribution in [2.45, 2.75) is 25.4 Å². The van der Waals surface area contributed by atoms with Crippen molar-refractivity contribution in [2.75, 3.05) is 0 Å². The van der Waals surface area contributed by atoms with Gasteiger partial charge in [0.1, 0.15) is 0 Å². The monoisotopic (exact) mass is 385 g/mol. The number of nitrogens with zero attached hydrogens (tertiary/aromatic N) is 1. The van der Waals surface area contributed by atoms with Gasteiger partial charge >= 0.3 is 12.1 Å². The van der Waals surface area contributed by atoms with Gasteiger partial charge in [0.25, 0.3) is 0 Å². The van der Waals surface area contributed by atoms with Crippen molar-refractivity contribution in [3.63, 3.8) is 0 Å². The Morgan fingerprint density at radius 3 is 2.46 bits per heavy atom. The van der Waals surface area contributed by atoms with Gasteiger partial charge in [0.05, 0.1) is 17.2 Å². The molecule has 1 unspecified atom stereocenters. The lowest BCUT2D eigenvalue weighted by atomic mass is 9.87. The summed E-state index contributed by atoms with van der Waals surface area (Å²) in [7, 11) is 0. The van der Waals surface area contributed by atoms with Gasteiger partial charge in [-0.25, -0.2) is 4.79 Å². The molecule has 28 heavy (non-hydrogen) atoms. The second-order valence-corrected chi connectivity index (χ2v) is 7.04. The first-order chi connectivity index (χ1) is 13.3. The van der Waals surface area contributed by atoms with E-state index in [-0.39, 0.29) is 18.4 Å². The average Bonchev–Trinajstić information content (AvgIpc) is 3.07. The Bertz CT molecular complexity index is 1020. The Morgan fingerprint density at radius 2 is 1.79 bits per heavy atom.